The molecule has 1 saturated heterocycles. The van der Waals surface area contributed by atoms with Crippen LogP contribution in [0.3, 0.4) is 0 Å². The molecule has 2 aromatic carbocycles. The normalized spacial score (nSPS) is 15.5. The second kappa shape index (κ2) is 9.01. The second-order valence-electron chi connectivity index (χ2n) is 8.79. The molecule has 0 radical (unpaired) electrons. The van der Waals surface area contributed by atoms with Crippen molar-refractivity contribution in [2.45, 2.75) is 31.6 Å². The summed E-state index contributed by atoms with van der Waals surface area (Å²) in [4.78, 5) is 4.75. The van der Waals surface area contributed by atoms with Gasteiger partial charge in [-0.15, -0.1) is 0 Å². The average molecular weight is 498 g/mol. The van der Waals surface area contributed by atoms with Crippen LogP contribution >= 0.6 is 0 Å². The predicted molar refractivity (Wildman–Crippen MR) is 130 cm³/mol. The van der Waals surface area contributed by atoms with E-state index >= 15 is 0 Å². The molecule has 0 atom stereocenters. The molecule has 5 rings (SSSR count). The fourth-order valence-corrected chi connectivity index (χ4v) is 5.84. The van der Waals surface area contributed by atoms with E-state index < -0.39 is 10.0 Å². The van der Waals surface area contributed by atoms with Crippen LogP contribution < -0.4 is 9.47 Å². The minimum Gasteiger partial charge on any atom is -0.493 e. The molecule has 10 heteroatoms. The van der Waals surface area contributed by atoms with Gasteiger partial charge in [-0.05, 0) is 62.1 Å². The molecule has 0 aliphatic carbocycles. The van der Waals surface area contributed by atoms with Crippen molar-refractivity contribution in [3.05, 3.63) is 42.0 Å². The molecule has 2 aromatic heterocycles. The highest BCUT2D eigenvalue weighted by atomic mass is 32.2. The summed E-state index contributed by atoms with van der Waals surface area (Å²) in [6.07, 6.45) is 1.74. The van der Waals surface area contributed by atoms with Crippen LogP contribution in [0, 0.1) is 12.8 Å². The Hall–Kier alpha value is -3.37. The van der Waals surface area contributed by atoms with Gasteiger partial charge in [-0.25, -0.2) is 8.42 Å². The van der Waals surface area contributed by atoms with Gasteiger partial charge in [-0.2, -0.15) is 9.29 Å². The van der Waals surface area contributed by atoms with Crippen LogP contribution in [-0.4, -0.2) is 50.2 Å². The number of furan rings is 1. The summed E-state index contributed by atoms with van der Waals surface area (Å²) >= 11 is 0. The number of aromatic nitrogens is 2. The van der Waals surface area contributed by atoms with Crippen molar-refractivity contribution in [2.75, 3.05) is 27.3 Å². The molecule has 1 aliphatic rings. The van der Waals surface area contributed by atoms with Gasteiger partial charge in [0.15, 0.2) is 17.3 Å². The van der Waals surface area contributed by atoms with E-state index in [0.717, 1.165) is 18.4 Å². The van der Waals surface area contributed by atoms with Gasteiger partial charge in [0.25, 0.3) is 5.89 Å². The summed E-state index contributed by atoms with van der Waals surface area (Å²) in [6.45, 7) is 5.08. The number of fused-ring (bicyclic) bond motifs is 1. The molecule has 0 spiro atoms. The number of ether oxygens (including phenoxy) is 2. The Kier molecular flexibility index (Phi) is 6.02. The SMILES string of the molecule is COc1ccc(-c2noc(-c3oc4ccc(S(=O)(=O)N5CCC(C)CC5)cc4c3C)n2)cc1OC. The maximum Gasteiger partial charge on any atom is 0.294 e. The lowest BCUT2D eigenvalue weighted by molar-refractivity contribution is 0.288. The molecule has 9 nitrogen and oxygen atoms in total. The van der Waals surface area contributed by atoms with Crippen molar-refractivity contribution < 1.29 is 26.8 Å². The second-order valence-corrected chi connectivity index (χ2v) is 10.7. The van der Waals surface area contributed by atoms with Gasteiger partial charge in [-0.1, -0.05) is 12.1 Å². The molecule has 184 valence electrons. The highest BCUT2D eigenvalue weighted by molar-refractivity contribution is 7.89. The minimum atomic E-state index is -3.58. The molecule has 1 aliphatic heterocycles. The number of aryl methyl sites for hydroxylation is 1. The minimum absolute atomic E-state index is 0.206. The highest BCUT2D eigenvalue weighted by Gasteiger charge is 2.29. The first-order valence-corrected chi connectivity index (χ1v) is 12.9. The van der Waals surface area contributed by atoms with E-state index in [1.165, 1.54) is 0 Å². The Morgan fingerprint density at radius 3 is 2.49 bits per heavy atom. The van der Waals surface area contributed by atoms with Gasteiger partial charge in [0.2, 0.25) is 15.8 Å². The van der Waals surface area contributed by atoms with Gasteiger partial charge in [0.05, 0.1) is 19.1 Å². The monoisotopic (exact) mass is 497 g/mol. The van der Waals surface area contributed by atoms with E-state index in [4.69, 9.17) is 18.4 Å². The Morgan fingerprint density at radius 1 is 1.03 bits per heavy atom. The third-order valence-electron chi connectivity index (χ3n) is 6.55. The number of piperidine rings is 1. The molecule has 35 heavy (non-hydrogen) atoms. The summed E-state index contributed by atoms with van der Waals surface area (Å²) < 4.78 is 50.1. The Balaban J connectivity index is 1.48. The van der Waals surface area contributed by atoms with E-state index in [9.17, 15) is 8.42 Å². The van der Waals surface area contributed by atoms with Crippen molar-refractivity contribution in [3.8, 4) is 34.5 Å². The van der Waals surface area contributed by atoms with Gasteiger partial charge in [-0.3, -0.25) is 0 Å². The Labute approximate surface area is 203 Å². The third kappa shape index (κ3) is 4.17. The third-order valence-corrected chi connectivity index (χ3v) is 8.44. The van der Waals surface area contributed by atoms with Crippen molar-refractivity contribution in [3.63, 3.8) is 0 Å². The zero-order chi connectivity index (χ0) is 24.7. The van der Waals surface area contributed by atoms with Crippen molar-refractivity contribution in [1.82, 2.24) is 14.4 Å². The molecule has 3 heterocycles. The maximum atomic E-state index is 13.2. The van der Waals surface area contributed by atoms with Gasteiger partial charge >= 0.3 is 0 Å². The van der Waals surface area contributed by atoms with Crippen LogP contribution in [0.1, 0.15) is 25.3 Å². The predicted octanol–water partition coefficient (Wildman–Crippen LogP) is 4.90. The molecule has 1 fully saturated rings. The van der Waals surface area contributed by atoms with Crippen LogP contribution in [0.15, 0.2) is 50.2 Å². The standard InChI is InChI=1S/C25H27N3O6S/c1-15-9-11-28(12-10-15)35(29,30)18-6-8-20-19(14-18)16(2)23(33-20)25-26-24(27-34-25)17-5-7-21(31-3)22(13-17)32-4/h5-8,13-15H,9-12H2,1-4H3. The maximum absolute atomic E-state index is 13.2. The number of sulfonamides is 1. The number of benzene rings is 2. The van der Waals surface area contributed by atoms with Crippen LogP contribution in [0.2, 0.25) is 0 Å². The van der Waals surface area contributed by atoms with E-state index in [2.05, 4.69) is 17.1 Å². The van der Waals surface area contributed by atoms with Crippen molar-refractivity contribution in [2.24, 2.45) is 5.92 Å². The Bertz CT molecular complexity index is 1480. The topological polar surface area (TPSA) is 108 Å². The fourth-order valence-electron chi connectivity index (χ4n) is 4.35. The van der Waals surface area contributed by atoms with Crippen molar-refractivity contribution >= 4 is 21.0 Å². The van der Waals surface area contributed by atoms with Crippen LogP contribution in [-0.2, 0) is 10.0 Å². The number of rotatable bonds is 6. The van der Waals surface area contributed by atoms with E-state index in [1.54, 1.807) is 54.9 Å². The van der Waals surface area contributed by atoms with E-state index in [0.29, 0.717) is 58.6 Å². The zero-order valence-corrected chi connectivity index (χ0v) is 20.9. The summed E-state index contributed by atoms with van der Waals surface area (Å²) in [5.74, 6) is 2.66. The van der Waals surface area contributed by atoms with E-state index in [1.807, 2.05) is 6.92 Å². The summed E-state index contributed by atoms with van der Waals surface area (Å²) in [5.41, 5.74) is 1.97. The fraction of sp³-hybridized carbons (Fsp3) is 0.360. The highest BCUT2D eigenvalue weighted by Crippen LogP contribution is 2.36. The van der Waals surface area contributed by atoms with E-state index in [-0.39, 0.29) is 10.8 Å². The van der Waals surface area contributed by atoms with Gasteiger partial charge in [0, 0.05) is 29.6 Å². The van der Waals surface area contributed by atoms with Gasteiger partial charge in [0.1, 0.15) is 5.58 Å². The first-order valence-electron chi connectivity index (χ1n) is 11.4. The molecule has 0 bridgehead atoms. The first kappa shape index (κ1) is 23.4. The van der Waals surface area contributed by atoms with Crippen LogP contribution in [0.4, 0.5) is 0 Å². The molecule has 0 N–H and O–H groups in total. The number of methoxy groups -OCH3 is 2. The number of nitrogens with zero attached hydrogens (tertiary/aromatic N) is 3. The molecular weight excluding hydrogens is 470 g/mol. The quantitative estimate of drug-likeness (QED) is 0.370. The molecule has 0 amide bonds. The molecular formula is C25H27N3O6S. The average Bonchev–Trinajstić information content (AvgIpc) is 3.48. The van der Waals surface area contributed by atoms with Crippen molar-refractivity contribution in [1.29, 1.82) is 0 Å². The van der Waals surface area contributed by atoms with Gasteiger partial charge < -0.3 is 18.4 Å². The van der Waals surface area contributed by atoms with Crippen LogP contribution in [0.25, 0.3) is 34.0 Å². The zero-order valence-electron chi connectivity index (χ0n) is 20.1. The lowest BCUT2D eigenvalue weighted by atomic mass is 10.0. The summed E-state index contributed by atoms with van der Waals surface area (Å²) in [5, 5.41) is 4.78. The molecule has 0 saturated carbocycles. The smallest absolute Gasteiger partial charge is 0.294 e. The lowest BCUT2D eigenvalue weighted by Gasteiger charge is -2.29. The number of hydrogen-bond acceptors (Lipinski definition) is 8. The van der Waals surface area contributed by atoms with Crippen LogP contribution in [0.5, 0.6) is 11.5 Å². The largest absolute Gasteiger partial charge is 0.493 e. The number of hydrogen-bond donors (Lipinski definition) is 0. The first-order chi connectivity index (χ1) is 16.8. The summed E-state index contributed by atoms with van der Waals surface area (Å²) in [6, 6.07) is 10.3. The Morgan fingerprint density at radius 2 is 1.77 bits per heavy atom. The molecule has 0 unspecified atom stereocenters. The summed E-state index contributed by atoms with van der Waals surface area (Å²) in [7, 11) is -0.451. The molecule has 4 aromatic rings. The lowest BCUT2D eigenvalue weighted by Crippen LogP contribution is -2.37.